The van der Waals surface area contributed by atoms with Gasteiger partial charge >= 0.3 is 12.2 Å². The van der Waals surface area contributed by atoms with Gasteiger partial charge < -0.3 is 14.6 Å². The fourth-order valence-corrected chi connectivity index (χ4v) is 4.80. The topological polar surface area (TPSA) is 84.9 Å². The molecule has 0 saturated carbocycles. The number of benzene rings is 1. The van der Waals surface area contributed by atoms with Gasteiger partial charge in [0, 0.05) is 38.5 Å². The second kappa shape index (κ2) is 10.2. The zero-order valence-corrected chi connectivity index (χ0v) is 20.0. The quantitative estimate of drug-likeness (QED) is 0.400. The van der Waals surface area contributed by atoms with Gasteiger partial charge in [-0.1, -0.05) is 11.2 Å². The summed E-state index contributed by atoms with van der Waals surface area (Å²) >= 11 is 0. The first-order chi connectivity index (χ1) is 17.2. The van der Waals surface area contributed by atoms with Crippen molar-refractivity contribution >= 4 is 12.0 Å². The molecule has 3 atom stereocenters. The van der Waals surface area contributed by atoms with Crippen molar-refractivity contribution in [2.24, 2.45) is 5.92 Å². The highest BCUT2D eigenvalue weighted by atomic mass is 19.4. The summed E-state index contributed by atoms with van der Waals surface area (Å²) in [6.07, 6.45) is 5.68. The Bertz CT molecular complexity index is 1220. The Balaban J connectivity index is 0.00000148. The Kier molecular flexibility index (Phi) is 7.19. The van der Waals surface area contributed by atoms with Crippen LogP contribution in [0, 0.1) is 31.5 Å². The smallest absolute Gasteiger partial charge is 0.408 e. The molecule has 8 nitrogen and oxygen atoms in total. The number of nitrogens with zero attached hydrogens (tertiary/aromatic N) is 6. The summed E-state index contributed by atoms with van der Waals surface area (Å²) in [4.78, 5) is 6.66. The van der Waals surface area contributed by atoms with Crippen molar-refractivity contribution in [2.75, 3.05) is 23.3 Å². The van der Waals surface area contributed by atoms with Crippen molar-refractivity contribution in [2.45, 2.75) is 57.8 Å². The fraction of sp³-hybridized carbons (Fsp3) is 0.500. The van der Waals surface area contributed by atoms with Crippen LogP contribution in [-0.2, 0) is 12.7 Å². The van der Waals surface area contributed by atoms with E-state index in [0.717, 1.165) is 32.0 Å². The fourth-order valence-electron chi connectivity index (χ4n) is 4.80. The molecule has 3 aromatic rings. The SMILES string of the molecule is C#C.Cc1nnc(N2CCC(C(C)Nc3nc4n(n3)CCCC4c3ccc(C(F)(F)F)cc3F)C2)o1. The van der Waals surface area contributed by atoms with Gasteiger partial charge in [0.05, 0.1) is 5.56 Å². The van der Waals surface area contributed by atoms with Crippen LogP contribution in [0.3, 0.4) is 0 Å². The summed E-state index contributed by atoms with van der Waals surface area (Å²) in [6, 6.07) is 3.27. The number of aryl methyl sites for hydroxylation is 2. The monoisotopic (exact) mass is 505 g/mol. The van der Waals surface area contributed by atoms with Crippen molar-refractivity contribution in [1.82, 2.24) is 25.0 Å². The molecule has 3 unspecified atom stereocenters. The van der Waals surface area contributed by atoms with Crippen LogP contribution in [-0.4, -0.2) is 44.1 Å². The molecule has 2 aliphatic heterocycles. The minimum Gasteiger partial charge on any atom is -0.408 e. The average molecular weight is 506 g/mol. The molecule has 0 amide bonds. The summed E-state index contributed by atoms with van der Waals surface area (Å²) in [6.45, 7) is 6.00. The van der Waals surface area contributed by atoms with E-state index in [2.05, 4.69) is 50.3 Å². The van der Waals surface area contributed by atoms with Crippen LogP contribution in [0.1, 0.15) is 54.9 Å². The second-order valence-corrected chi connectivity index (χ2v) is 8.98. The van der Waals surface area contributed by atoms with Crippen molar-refractivity contribution < 1.29 is 22.0 Å². The zero-order chi connectivity index (χ0) is 26.0. The van der Waals surface area contributed by atoms with E-state index < -0.39 is 23.5 Å². The molecule has 192 valence electrons. The molecule has 5 rings (SSSR count). The Morgan fingerprint density at radius 2 is 1.94 bits per heavy atom. The van der Waals surface area contributed by atoms with Gasteiger partial charge in [-0.05, 0) is 49.8 Å². The predicted molar refractivity (Wildman–Crippen MR) is 125 cm³/mol. The molecule has 4 heterocycles. The molecule has 1 N–H and O–H groups in total. The van der Waals surface area contributed by atoms with Gasteiger partial charge in [0.15, 0.2) is 0 Å². The zero-order valence-electron chi connectivity index (χ0n) is 20.0. The highest BCUT2D eigenvalue weighted by Crippen LogP contribution is 2.37. The second-order valence-electron chi connectivity index (χ2n) is 8.98. The van der Waals surface area contributed by atoms with E-state index in [4.69, 9.17) is 4.42 Å². The van der Waals surface area contributed by atoms with Gasteiger partial charge in [-0.25, -0.2) is 9.07 Å². The minimum atomic E-state index is -4.59. The first-order valence-electron chi connectivity index (χ1n) is 11.7. The average Bonchev–Trinajstić information content (AvgIpc) is 3.58. The summed E-state index contributed by atoms with van der Waals surface area (Å²) in [7, 11) is 0. The molecular formula is C24H27F4N7O. The molecule has 0 bridgehead atoms. The van der Waals surface area contributed by atoms with E-state index in [1.165, 1.54) is 6.07 Å². The van der Waals surface area contributed by atoms with Crippen molar-refractivity contribution in [1.29, 1.82) is 0 Å². The molecule has 1 fully saturated rings. The third-order valence-corrected chi connectivity index (χ3v) is 6.65. The highest BCUT2D eigenvalue weighted by molar-refractivity contribution is 5.36. The maximum Gasteiger partial charge on any atom is 0.416 e. The van der Waals surface area contributed by atoms with Crippen molar-refractivity contribution in [3.05, 3.63) is 46.9 Å². The lowest BCUT2D eigenvalue weighted by atomic mass is 9.90. The lowest BCUT2D eigenvalue weighted by Crippen LogP contribution is -2.29. The lowest BCUT2D eigenvalue weighted by Gasteiger charge is -2.23. The van der Waals surface area contributed by atoms with Gasteiger partial charge in [0.25, 0.3) is 0 Å². The number of nitrogens with one attached hydrogen (secondary N) is 1. The normalized spacial score (nSPS) is 20.4. The van der Waals surface area contributed by atoms with Gasteiger partial charge in [0.2, 0.25) is 11.8 Å². The Hall–Kier alpha value is -3.62. The molecular weight excluding hydrogens is 478 g/mol. The van der Waals surface area contributed by atoms with Crippen LogP contribution < -0.4 is 10.2 Å². The van der Waals surface area contributed by atoms with Gasteiger partial charge in [0.1, 0.15) is 11.6 Å². The molecule has 0 radical (unpaired) electrons. The number of alkyl halides is 3. The van der Waals surface area contributed by atoms with E-state index in [1.54, 1.807) is 11.6 Å². The molecule has 0 spiro atoms. The summed E-state index contributed by atoms with van der Waals surface area (Å²) < 4.78 is 60.7. The van der Waals surface area contributed by atoms with Crippen molar-refractivity contribution in [3.63, 3.8) is 0 Å². The number of hydrogen-bond acceptors (Lipinski definition) is 7. The maximum atomic E-state index is 14.7. The van der Waals surface area contributed by atoms with Gasteiger partial charge in [-0.2, -0.15) is 18.2 Å². The third kappa shape index (κ3) is 5.15. The van der Waals surface area contributed by atoms with E-state index in [9.17, 15) is 17.6 Å². The molecule has 12 heteroatoms. The Morgan fingerprint density at radius 3 is 2.61 bits per heavy atom. The van der Waals surface area contributed by atoms with Crippen molar-refractivity contribution in [3.8, 4) is 12.8 Å². The molecule has 0 aliphatic carbocycles. The molecule has 36 heavy (non-hydrogen) atoms. The molecule has 1 aromatic carbocycles. The number of rotatable bonds is 5. The van der Waals surface area contributed by atoms with Crippen LogP contribution in [0.5, 0.6) is 0 Å². The van der Waals surface area contributed by atoms with E-state index >= 15 is 0 Å². The van der Waals surface area contributed by atoms with E-state index in [1.807, 2.05) is 0 Å². The number of halogens is 4. The van der Waals surface area contributed by atoms with Crippen LogP contribution >= 0.6 is 0 Å². The van der Waals surface area contributed by atoms with Crippen LogP contribution in [0.25, 0.3) is 0 Å². The van der Waals surface area contributed by atoms with Gasteiger partial charge in [-0.3, -0.25) is 0 Å². The highest BCUT2D eigenvalue weighted by Gasteiger charge is 2.34. The van der Waals surface area contributed by atoms with E-state index in [0.29, 0.717) is 48.6 Å². The molecule has 1 saturated heterocycles. The Morgan fingerprint density at radius 1 is 1.17 bits per heavy atom. The van der Waals surface area contributed by atoms with Crippen LogP contribution in [0.15, 0.2) is 22.6 Å². The van der Waals surface area contributed by atoms with Crippen LogP contribution in [0.2, 0.25) is 0 Å². The summed E-state index contributed by atoms with van der Waals surface area (Å²) in [5, 5.41) is 15.9. The molecule has 2 aromatic heterocycles. The van der Waals surface area contributed by atoms with Gasteiger partial charge in [-0.15, -0.1) is 23.0 Å². The maximum absolute atomic E-state index is 14.7. The number of fused-ring (bicyclic) bond motifs is 1. The van der Waals surface area contributed by atoms with E-state index in [-0.39, 0.29) is 11.6 Å². The minimum absolute atomic E-state index is 0.0553. The van der Waals surface area contributed by atoms with Crippen LogP contribution in [0.4, 0.5) is 29.5 Å². The number of anilines is 2. The largest absolute Gasteiger partial charge is 0.416 e. The standard InChI is InChI=1S/C22H25F4N7O.C2H2/c1-12(14-7-9-32(11-14)21-30-29-13(2)34-21)27-20-28-19-17(4-3-8-33(19)31-20)16-6-5-15(10-18(16)23)22(24,25)26;1-2/h5-6,10,12,14,17H,3-4,7-9,11H2,1-2H3,(H,27,31);1-2H. The first kappa shape index (κ1) is 25.5. The number of terminal acetylenes is 1. The Labute approximate surface area is 206 Å². The first-order valence-corrected chi connectivity index (χ1v) is 11.7. The predicted octanol–water partition coefficient (Wildman–Crippen LogP) is 4.63. The summed E-state index contributed by atoms with van der Waals surface area (Å²) in [5.74, 6) is 0.508. The number of hydrogen-bond donors (Lipinski definition) is 1. The summed E-state index contributed by atoms with van der Waals surface area (Å²) in [5.41, 5.74) is -0.786. The third-order valence-electron chi connectivity index (χ3n) is 6.65. The number of aromatic nitrogens is 5. The molecule has 2 aliphatic rings. The lowest BCUT2D eigenvalue weighted by molar-refractivity contribution is -0.137.